The van der Waals surface area contributed by atoms with Gasteiger partial charge in [0.25, 0.3) is 5.91 Å². The number of nitrogens with zero attached hydrogens (tertiary/aromatic N) is 3. The molecule has 2 unspecified atom stereocenters. The van der Waals surface area contributed by atoms with Gasteiger partial charge in [0.05, 0.1) is 6.61 Å². The maximum atomic E-state index is 11.9. The van der Waals surface area contributed by atoms with Crippen molar-refractivity contribution >= 4 is 35.3 Å². The zero-order valence-corrected chi connectivity index (χ0v) is 22.2. The number of carboxylic acids is 2. The van der Waals surface area contributed by atoms with Crippen molar-refractivity contribution in [1.82, 2.24) is 10.6 Å². The van der Waals surface area contributed by atoms with E-state index in [4.69, 9.17) is 38.1 Å². The van der Waals surface area contributed by atoms with E-state index in [2.05, 4.69) is 20.7 Å². The quantitative estimate of drug-likeness (QED) is 0.0655. The topological polar surface area (TPSA) is 280 Å². The van der Waals surface area contributed by atoms with Crippen LogP contribution in [0, 0.1) is 5.92 Å². The van der Waals surface area contributed by atoms with Gasteiger partial charge in [0.15, 0.2) is 0 Å². The van der Waals surface area contributed by atoms with Crippen LogP contribution in [0.3, 0.4) is 0 Å². The number of nitrogens with two attached hydrogens (primary N) is 3. The highest BCUT2D eigenvalue weighted by molar-refractivity contribution is 5.96. The number of hydrogen-bond donors (Lipinski definition) is 8. The van der Waals surface area contributed by atoms with Crippen molar-refractivity contribution in [2.75, 3.05) is 12.3 Å². The number of carboxylic acid groups (broad SMARTS) is 2. The SMILES string of the molecule is CC(C)C(NC(=O)c1ccc(N=[N+]=[N-])cc1)C(=O)O.NC(=O)NCCCC(N)C(=O)O.Nc1ccc(CO)cc1. The second-order valence-electron chi connectivity index (χ2n) is 8.55. The molecule has 2 rings (SSSR count). The lowest BCUT2D eigenvalue weighted by atomic mass is 10.0. The Morgan fingerprint density at radius 2 is 1.57 bits per heavy atom. The van der Waals surface area contributed by atoms with Crippen LogP contribution in [-0.4, -0.2) is 57.8 Å². The van der Waals surface area contributed by atoms with Gasteiger partial charge >= 0.3 is 18.0 Å². The van der Waals surface area contributed by atoms with Crippen LogP contribution in [0.5, 0.6) is 0 Å². The lowest BCUT2D eigenvalue weighted by Gasteiger charge is -2.17. The van der Waals surface area contributed by atoms with Crippen molar-refractivity contribution in [3.63, 3.8) is 0 Å². The third kappa shape index (κ3) is 15.4. The fourth-order valence-electron chi connectivity index (χ4n) is 2.75. The first kappa shape index (κ1) is 35.2. The van der Waals surface area contributed by atoms with Crippen molar-refractivity contribution in [3.8, 4) is 0 Å². The largest absolute Gasteiger partial charge is 0.480 e. The standard InChI is InChI=1S/C12H14N4O3.C7H9NO.C6H13N3O3/c1-7(2)10(12(18)19)14-11(17)8-3-5-9(6-4-8)15-16-13;8-7-3-1-6(5-9)2-4-7;7-4(5(10)11)2-1-3-9-6(8)12/h3-7,10H,1-2H3,(H,14,17)(H,18,19);1-4,9H,5,8H2;4H,1-3,7H2,(H,10,11)(H3,8,9,12). The number of aliphatic hydroxyl groups excluding tert-OH is 1. The predicted octanol–water partition coefficient (Wildman–Crippen LogP) is 2.08. The number of nitrogens with one attached hydrogen (secondary N) is 2. The number of hydrogen-bond acceptors (Lipinski definition) is 8. The average Bonchev–Trinajstić information content (AvgIpc) is 2.90. The maximum absolute atomic E-state index is 11.9. The summed E-state index contributed by atoms with van der Waals surface area (Å²) < 4.78 is 0. The number of carbonyl (C=O) groups is 4. The van der Waals surface area contributed by atoms with Crippen LogP contribution < -0.4 is 27.8 Å². The Morgan fingerprint density at radius 1 is 1.00 bits per heavy atom. The van der Waals surface area contributed by atoms with E-state index < -0.39 is 36.0 Å². The van der Waals surface area contributed by atoms with Gasteiger partial charge in [-0.05, 0) is 54.1 Å². The number of primary amides is 1. The number of nitrogen functional groups attached to an aromatic ring is 1. The summed E-state index contributed by atoms with van der Waals surface area (Å²) in [5, 5.41) is 34.1. The molecule has 0 spiro atoms. The molecule has 0 aliphatic rings. The fourth-order valence-corrected chi connectivity index (χ4v) is 2.75. The van der Waals surface area contributed by atoms with Gasteiger partial charge in [0.1, 0.15) is 12.1 Å². The molecule has 0 aliphatic heterocycles. The molecule has 0 aliphatic carbocycles. The van der Waals surface area contributed by atoms with E-state index in [0.717, 1.165) is 11.3 Å². The van der Waals surface area contributed by atoms with Crippen LogP contribution in [0.15, 0.2) is 53.6 Å². The minimum Gasteiger partial charge on any atom is -0.480 e. The van der Waals surface area contributed by atoms with E-state index in [1.165, 1.54) is 24.3 Å². The number of amides is 3. The summed E-state index contributed by atoms with van der Waals surface area (Å²) in [6, 6.07) is 10.6. The lowest BCUT2D eigenvalue weighted by Crippen LogP contribution is -2.44. The Kier molecular flexibility index (Phi) is 16.9. The van der Waals surface area contributed by atoms with Gasteiger partial charge in [-0.3, -0.25) is 9.59 Å². The molecule has 2 aromatic carbocycles. The molecular formula is C25H36N8O7. The smallest absolute Gasteiger partial charge is 0.326 e. The molecule has 218 valence electrons. The van der Waals surface area contributed by atoms with E-state index >= 15 is 0 Å². The van der Waals surface area contributed by atoms with Crippen LogP contribution in [0.1, 0.15) is 42.6 Å². The van der Waals surface area contributed by atoms with Gasteiger partial charge in [-0.25, -0.2) is 9.59 Å². The summed E-state index contributed by atoms with van der Waals surface area (Å²) in [6.07, 6.45) is 0.839. The number of aliphatic carboxylic acids is 2. The number of carbonyl (C=O) groups excluding carboxylic acids is 2. The molecule has 0 saturated heterocycles. The lowest BCUT2D eigenvalue weighted by molar-refractivity contribution is -0.140. The second-order valence-corrected chi connectivity index (χ2v) is 8.55. The molecule has 40 heavy (non-hydrogen) atoms. The van der Waals surface area contributed by atoms with Gasteiger partial charge in [-0.15, -0.1) is 0 Å². The number of benzene rings is 2. The van der Waals surface area contributed by atoms with E-state index in [0.29, 0.717) is 30.6 Å². The molecule has 0 saturated carbocycles. The highest BCUT2D eigenvalue weighted by atomic mass is 16.4. The van der Waals surface area contributed by atoms with Gasteiger partial charge in [-0.2, -0.15) is 0 Å². The molecule has 2 aromatic rings. The number of azide groups is 1. The highest BCUT2D eigenvalue weighted by Gasteiger charge is 2.23. The van der Waals surface area contributed by atoms with Crippen LogP contribution in [0.2, 0.25) is 0 Å². The normalized spacial score (nSPS) is 11.2. The number of rotatable bonds is 11. The Morgan fingerprint density at radius 3 is 2.00 bits per heavy atom. The first-order valence-electron chi connectivity index (χ1n) is 12.0. The molecule has 15 heteroatoms. The third-order valence-corrected chi connectivity index (χ3v) is 4.98. The second kappa shape index (κ2) is 19.3. The molecule has 0 fully saturated rings. The van der Waals surface area contributed by atoms with Crippen molar-refractivity contribution < 1.29 is 34.5 Å². The molecule has 0 aromatic heterocycles. The molecule has 0 radical (unpaired) electrons. The maximum Gasteiger partial charge on any atom is 0.326 e. The van der Waals surface area contributed by atoms with Crippen LogP contribution >= 0.6 is 0 Å². The van der Waals surface area contributed by atoms with Gasteiger partial charge in [-0.1, -0.05) is 43.2 Å². The van der Waals surface area contributed by atoms with Crippen molar-refractivity contribution in [3.05, 3.63) is 70.1 Å². The first-order chi connectivity index (χ1) is 18.8. The molecule has 11 N–H and O–H groups in total. The third-order valence-electron chi connectivity index (χ3n) is 4.98. The van der Waals surface area contributed by atoms with E-state index in [1.54, 1.807) is 38.1 Å². The average molecular weight is 561 g/mol. The molecular weight excluding hydrogens is 524 g/mol. The summed E-state index contributed by atoms with van der Waals surface area (Å²) in [4.78, 5) is 45.8. The number of aliphatic hydroxyl groups is 1. The fraction of sp³-hybridized carbons (Fsp3) is 0.360. The zero-order valence-electron chi connectivity index (χ0n) is 22.2. The molecule has 0 bridgehead atoms. The Labute approximate surface area is 231 Å². The predicted molar refractivity (Wildman–Crippen MR) is 148 cm³/mol. The van der Waals surface area contributed by atoms with Crippen molar-refractivity contribution in [2.24, 2.45) is 22.5 Å². The summed E-state index contributed by atoms with van der Waals surface area (Å²) >= 11 is 0. The highest BCUT2D eigenvalue weighted by Crippen LogP contribution is 2.13. The van der Waals surface area contributed by atoms with Crippen molar-refractivity contribution in [2.45, 2.75) is 45.4 Å². The first-order valence-corrected chi connectivity index (χ1v) is 12.0. The Balaban J connectivity index is 0.000000619. The summed E-state index contributed by atoms with van der Waals surface area (Å²) in [5.41, 5.74) is 25.9. The van der Waals surface area contributed by atoms with Crippen LogP contribution in [0.25, 0.3) is 10.4 Å². The van der Waals surface area contributed by atoms with Gasteiger partial charge in [0.2, 0.25) is 0 Å². The number of urea groups is 1. The minimum atomic E-state index is -1.07. The van der Waals surface area contributed by atoms with E-state index in [1.807, 2.05) is 0 Å². The molecule has 15 nitrogen and oxygen atoms in total. The minimum absolute atomic E-state index is 0.0836. The number of anilines is 1. The Hall–Kier alpha value is -4.85. The van der Waals surface area contributed by atoms with E-state index in [-0.39, 0.29) is 12.5 Å². The van der Waals surface area contributed by atoms with Crippen LogP contribution in [-0.2, 0) is 16.2 Å². The molecule has 3 amide bonds. The molecule has 0 heterocycles. The monoisotopic (exact) mass is 560 g/mol. The zero-order chi connectivity index (χ0) is 30.7. The van der Waals surface area contributed by atoms with E-state index in [9.17, 15) is 19.2 Å². The summed E-state index contributed by atoms with van der Waals surface area (Å²) in [5.74, 6) is -2.80. The molecule has 2 atom stereocenters. The van der Waals surface area contributed by atoms with Crippen molar-refractivity contribution in [1.29, 1.82) is 0 Å². The van der Waals surface area contributed by atoms with Gasteiger partial charge in [0, 0.05) is 28.4 Å². The Bertz CT molecular complexity index is 1130. The summed E-state index contributed by atoms with van der Waals surface area (Å²) in [6.45, 7) is 3.87. The summed E-state index contributed by atoms with van der Waals surface area (Å²) in [7, 11) is 0. The van der Waals surface area contributed by atoms with Crippen LogP contribution in [0.4, 0.5) is 16.2 Å². The van der Waals surface area contributed by atoms with Gasteiger partial charge < -0.3 is 43.2 Å².